The Kier molecular flexibility index (Phi) is 4.02. The first-order valence-corrected chi connectivity index (χ1v) is 6.28. The Bertz CT molecular complexity index is 360. The van der Waals surface area contributed by atoms with Crippen LogP contribution in [0.4, 0.5) is 5.69 Å². The van der Waals surface area contributed by atoms with Crippen molar-refractivity contribution in [2.45, 2.75) is 19.3 Å². The third-order valence-electron chi connectivity index (χ3n) is 3.40. The Morgan fingerprint density at radius 3 is 2.65 bits per heavy atom. The molecule has 1 saturated carbocycles. The second kappa shape index (κ2) is 5.71. The van der Waals surface area contributed by atoms with Gasteiger partial charge in [-0.15, -0.1) is 0 Å². The average Bonchev–Trinajstić information content (AvgIpc) is 2.32. The van der Waals surface area contributed by atoms with Gasteiger partial charge in [-0.2, -0.15) is 0 Å². The molecular weight excluding hydrogens is 212 g/mol. The number of benzene rings is 1. The molecule has 0 aromatic heterocycles. The van der Waals surface area contributed by atoms with Crippen molar-refractivity contribution >= 4 is 11.6 Å². The molecular formula is C14H20N2O. The van der Waals surface area contributed by atoms with Crippen LogP contribution in [0.25, 0.3) is 0 Å². The highest BCUT2D eigenvalue weighted by Crippen LogP contribution is 2.26. The van der Waals surface area contributed by atoms with Crippen LogP contribution in [0, 0.1) is 5.92 Å². The van der Waals surface area contributed by atoms with E-state index in [1.165, 1.54) is 19.3 Å². The largest absolute Gasteiger partial charge is 0.376 e. The van der Waals surface area contributed by atoms with Gasteiger partial charge in [0.2, 0.25) is 5.91 Å². The Labute approximate surface area is 103 Å². The first-order valence-electron chi connectivity index (χ1n) is 6.28. The SMILES string of the molecule is CN(CC1CCC1)C(=O)CNc1ccccc1. The molecule has 1 aromatic carbocycles. The molecule has 1 aromatic rings. The first kappa shape index (κ1) is 12.0. The van der Waals surface area contributed by atoms with E-state index in [9.17, 15) is 4.79 Å². The van der Waals surface area contributed by atoms with Crippen LogP contribution in [0.15, 0.2) is 30.3 Å². The van der Waals surface area contributed by atoms with E-state index in [1.54, 1.807) is 0 Å². The van der Waals surface area contributed by atoms with Crippen LogP contribution in [0.5, 0.6) is 0 Å². The first-order chi connectivity index (χ1) is 8.25. The Morgan fingerprint density at radius 2 is 2.06 bits per heavy atom. The van der Waals surface area contributed by atoms with E-state index >= 15 is 0 Å². The number of nitrogens with zero attached hydrogens (tertiary/aromatic N) is 1. The van der Waals surface area contributed by atoms with E-state index in [0.717, 1.165) is 18.2 Å². The van der Waals surface area contributed by atoms with Crippen molar-refractivity contribution in [2.75, 3.05) is 25.5 Å². The molecule has 0 aliphatic heterocycles. The molecule has 1 N–H and O–H groups in total. The number of carbonyl (C=O) groups is 1. The van der Waals surface area contributed by atoms with Gasteiger partial charge in [0.15, 0.2) is 0 Å². The van der Waals surface area contributed by atoms with E-state index in [0.29, 0.717) is 6.54 Å². The fraction of sp³-hybridized carbons (Fsp3) is 0.500. The van der Waals surface area contributed by atoms with Gasteiger partial charge in [-0.25, -0.2) is 0 Å². The van der Waals surface area contributed by atoms with Crippen molar-refractivity contribution in [3.8, 4) is 0 Å². The van der Waals surface area contributed by atoms with Gasteiger partial charge in [-0.3, -0.25) is 4.79 Å². The number of hydrogen-bond donors (Lipinski definition) is 1. The van der Waals surface area contributed by atoms with Gasteiger partial charge in [-0.1, -0.05) is 24.6 Å². The van der Waals surface area contributed by atoms with E-state index in [2.05, 4.69) is 5.32 Å². The van der Waals surface area contributed by atoms with E-state index in [1.807, 2.05) is 42.3 Å². The van der Waals surface area contributed by atoms with Gasteiger partial charge in [0.1, 0.15) is 0 Å². The molecule has 0 spiro atoms. The number of rotatable bonds is 5. The van der Waals surface area contributed by atoms with Gasteiger partial charge >= 0.3 is 0 Å². The lowest BCUT2D eigenvalue weighted by atomic mass is 9.85. The molecule has 0 atom stereocenters. The highest BCUT2D eigenvalue weighted by atomic mass is 16.2. The van der Waals surface area contributed by atoms with Crippen LogP contribution < -0.4 is 5.32 Å². The number of anilines is 1. The molecule has 1 aliphatic rings. The standard InChI is InChI=1S/C14H20N2O/c1-16(11-12-6-5-7-12)14(17)10-15-13-8-3-2-4-9-13/h2-4,8-9,12,15H,5-7,10-11H2,1H3. The highest BCUT2D eigenvalue weighted by Gasteiger charge is 2.20. The quantitative estimate of drug-likeness (QED) is 0.845. The van der Waals surface area contributed by atoms with Crippen LogP contribution in [0.3, 0.4) is 0 Å². The predicted octanol–water partition coefficient (Wildman–Crippen LogP) is 2.36. The minimum absolute atomic E-state index is 0.167. The van der Waals surface area contributed by atoms with Gasteiger partial charge in [-0.05, 0) is 30.9 Å². The van der Waals surface area contributed by atoms with Crippen molar-refractivity contribution in [3.05, 3.63) is 30.3 Å². The zero-order valence-corrected chi connectivity index (χ0v) is 10.4. The predicted molar refractivity (Wildman–Crippen MR) is 69.9 cm³/mol. The summed E-state index contributed by atoms with van der Waals surface area (Å²) in [5.41, 5.74) is 0.998. The third kappa shape index (κ3) is 3.48. The van der Waals surface area contributed by atoms with Gasteiger partial charge in [0.05, 0.1) is 6.54 Å². The summed E-state index contributed by atoms with van der Waals surface area (Å²) in [5, 5.41) is 3.14. The Hall–Kier alpha value is -1.51. The highest BCUT2D eigenvalue weighted by molar-refractivity contribution is 5.80. The Morgan fingerprint density at radius 1 is 1.35 bits per heavy atom. The maximum Gasteiger partial charge on any atom is 0.241 e. The van der Waals surface area contributed by atoms with E-state index in [4.69, 9.17) is 0 Å². The summed E-state index contributed by atoms with van der Waals surface area (Å²) in [7, 11) is 1.90. The summed E-state index contributed by atoms with van der Waals surface area (Å²) < 4.78 is 0. The molecule has 1 aliphatic carbocycles. The van der Waals surface area contributed by atoms with E-state index < -0.39 is 0 Å². The summed E-state index contributed by atoms with van der Waals surface area (Å²) >= 11 is 0. The summed E-state index contributed by atoms with van der Waals surface area (Å²) in [6, 6.07) is 9.84. The number of para-hydroxylation sites is 1. The number of amides is 1. The Balaban J connectivity index is 1.72. The molecule has 0 heterocycles. The number of likely N-dealkylation sites (N-methyl/N-ethyl adjacent to an activating group) is 1. The monoisotopic (exact) mass is 232 g/mol. The van der Waals surface area contributed by atoms with Crippen LogP contribution in [0.1, 0.15) is 19.3 Å². The summed E-state index contributed by atoms with van der Waals surface area (Å²) in [5.74, 6) is 0.904. The number of hydrogen-bond acceptors (Lipinski definition) is 2. The van der Waals surface area contributed by atoms with Crippen molar-refractivity contribution in [1.29, 1.82) is 0 Å². The van der Waals surface area contributed by atoms with Crippen LogP contribution >= 0.6 is 0 Å². The lowest BCUT2D eigenvalue weighted by Crippen LogP contribution is -2.37. The molecule has 1 amide bonds. The van der Waals surface area contributed by atoms with Crippen LogP contribution in [-0.4, -0.2) is 30.9 Å². The summed E-state index contributed by atoms with van der Waals surface area (Å²) in [4.78, 5) is 13.7. The van der Waals surface area contributed by atoms with Crippen molar-refractivity contribution in [2.24, 2.45) is 5.92 Å². The lowest BCUT2D eigenvalue weighted by molar-refractivity contribution is -0.128. The van der Waals surface area contributed by atoms with Crippen LogP contribution in [0.2, 0.25) is 0 Å². The van der Waals surface area contributed by atoms with Crippen LogP contribution in [-0.2, 0) is 4.79 Å². The van der Waals surface area contributed by atoms with E-state index in [-0.39, 0.29) is 5.91 Å². The lowest BCUT2D eigenvalue weighted by Gasteiger charge is -2.30. The molecule has 92 valence electrons. The van der Waals surface area contributed by atoms with Gasteiger partial charge < -0.3 is 10.2 Å². The fourth-order valence-corrected chi connectivity index (χ4v) is 2.03. The summed E-state index contributed by atoms with van der Waals surface area (Å²) in [6.45, 7) is 1.29. The molecule has 3 heteroatoms. The second-order valence-electron chi connectivity index (χ2n) is 4.79. The molecule has 17 heavy (non-hydrogen) atoms. The van der Waals surface area contributed by atoms with Crippen molar-refractivity contribution in [3.63, 3.8) is 0 Å². The zero-order valence-electron chi connectivity index (χ0n) is 10.4. The average molecular weight is 232 g/mol. The molecule has 2 rings (SSSR count). The molecule has 0 radical (unpaired) electrons. The maximum absolute atomic E-state index is 11.9. The molecule has 0 saturated heterocycles. The summed E-state index contributed by atoms with van der Waals surface area (Å²) in [6.07, 6.45) is 3.89. The third-order valence-corrected chi connectivity index (χ3v) is 3.40. The molecule has 0 unspecified atom stereocenters. The second-order valence-corrected chi connectivity index (χ2v) is 4.79. The smallest absolute Gasteiger partial charge is 0.241 e. The molecule has 1 fully saturated rings. The number of carbonyl (C=O) groups excluding carboxylic acids is 1. The van der Waals surface area contributed by atoms with Crippen molar-refractivity contribution in [1.82, 2.24) is 4.90 Å². The molecule has 3 nitrogen and oxygen atoms in total. The van der Waals surface area contributed by atoms with Gasteiger partial charge in [0.25, 0.3) is 0 Å². The minimum atomic E-state index is 0.167. The maximum atomic E-state index is 11.9. The molecule has 0 bridgehead atoms. The minimum Gasteiger partial charge on any atom is -0.376 e. The zero-order chi connectivity index (χ0) is 12.1. The van der Waals surface area contributed by atoms with Crippen molar-refractivity contribution < 1.29 is 4.79 Å². The van der Waals surface area contributed by atoms with Gasteiger partial charge in [0, 0.05) is 19.3 Å². The normalized spacial score (nSPS) is 15.1. The fourth-order valence-electron chi connectivity index (χ4n) is 2.03. The topological polar surface area (TPSA) is 32.3 Å². The number of nitrogens with one attached hydrogen (secondary N) is 1.